The Morgan fingerprint density at radius 1 is 1.71 bits per heavy atom. The molecule has 0 atom stereocenters. The predicted octanol–water partition coefficient (Wildman–Crippen LogP) is 3.65. The van der Waals surface area contributed by atoms with Gasteiger partial charge in [0.25, 0.3) is 0 Å². The summed E-state index contributed by atoms with van der Waals surface area (Å²) in [5.41, 5.74) is 0. The molecule has 1 aromatic carbocycles. The van der Waals surface area contributed by atoms with Gasteiger partial charge in [0.05, 0.1) is 7.76 Å². The average Bonchev–Trinajstić information content (AvgIpc) is 2.74. The summed E-state index contributed by atoms with van der Waals surface area (Å²) < 4.78 is 55.9. The zero-order valence-corrected chi connectivity index (χ0v) is 10.5. The van der Waals surface area contributed by atoms with E-state index in [1.807, 2.05) is 0 Å². The average molecular weight is 326 g/mol. The fraction of sp³-hybridized carbons (Fsp3) is 0.200. The largest absolute Gasteiger partial charge is 0.424 e. The van der Waals surface area contributed by atoms with Crippen molar-refractivity contribution in [3.05, 3.63) is 33.8 Å². The Balaban J connectivity index is 2.43. The zero-order valence-electron chi connectivity index (χ0n) is 13.1. The first-order chi connectivity index (χ1) is 10.0. The minimum absolute atomic E-state index is 0.0499. The molecule has 0 radical (unpaired) electrons. The fourth-order valence-electron chi connectivity index (χ4n) is 1.06. The molecule has 0 aliphatic heterocycles. The molecule has 0 spiro atoms. The van der Waals surface area contributed by atoms with E-state index >= 15 is 0 Å². The standard InChI is InChI=1S/C10H8BrClFN3O/c1-2-16-10(14-9(11)15-16)17-6-3-4-8(13)7(12)5-6/h3-5H,2H2,1H3/i1D3,2D2. The second-order valence-corrected chi connectivity index (χ2v) is 3.98. The highest BCUT2D eigenvalue weighted by Crippen LogP contribution is 2.25. The molecule has 0 N–H and O–H groups in total. The van der Waals surface area contributed by atoms with Crippen molar-refractivity contribution in [1.82, 2.24) is 14.8 Å². The molecule has 7 heteroatoms. The summed E-state index contributed by atoms with van der Waals surface area (Å²) in [6, 6.07) is 3.01. The van der Waals surface area contributed by atoms with Crippen molar-refractivity contribution in [2.45, 2.75) is 13.3 Å². The van der Waals surface area contributed by atoms with Crippen molar-refractivity contribution in [2.24, 2.45) is 0 Å². The van der Waals surface area contributed by atoms with Crippen LogP contribution in [-0.2, 0) is 6.50 Å². The van der Waals surface area contributed by atoms with Gasteiger partial charge in [-0.2, -0.15) is 4.98 Å². The number of aromatic nitrogens is 3. The van der Waals surface area contributed by atoms with Crippen LogP contribution in [0, 0.1) is 5.82 Å². The van der Waals surface area contributed by atoms with Crippen LogP contribution in [0.4, 0.5) is 4.39 Å². The molecule has 0 unspecified atom stereocenters. The van der Waals surface area contributed by atoms with Crippen molar-refractivity contribution >= 4 is 27.5 Å². The van der Waals surface area contributed by atoms with Crippen LogP contribution in [0.1, 0.15) is 13.7 Å². The molecule has 1 heterocycles. The number of benzene rings is 1. The van der Waals surface area contributed by atoms with Crippen molar-refractivity contribution in [2.75, 3.05) is 0 Å². The monoisotopic (exact) mass is 324 g/mol. The van der Waals surface area contributed by atoms with Gasteiger partial charge in [0, 0.05) is 16.7 Å². The number of nitrogens with zero attached hydrogens (tertiary/aromatic N) is 3. The molecule has 0 aliphatic rings. The normalized spacial score (nSPS) is 16.5. The Hall–Kier alpha value is -1.14. The number of hydrogen-bond acceptors (Lipinski definition) is 3. The maximum absolute atomic E-state index is 13.1. The van der Waals surface area contributed by atoms with Crippen molar-refractivity contribution < 1.29 is 16.0 Å². The topological polar surface area (TPSA) is 39.9 Å². The minimum atomic E-state index is -3.00. The second-order valence-electron chi connectivity index (χ2n) is 2.86. The van der Waals surface area contributed by atoms with E-state index in [9.17, 15) is 4.39 Å². The summed E-state index contributed by atoms with van der Waals surface area (Å²) >= 11 is 8.54. The maximum Gasteiger partial charge on any atom is 0.321 e. The third kappa shape index (κ3) is 2.76. The number of aryl methyl sites for hydroxylation is 1. The van der Waals surface area contributed by atoms with Crippen LogP contribution in [0.25, 0.3) is 0 Å². The Bertz CT molecular complexity index is 708. The maximum atomic E-state index is 13.1. The summed E-state index contributed by atoms with van der Waals surface area (Å²) in [4.78, 5) is 3.76. The van der Waals surface area contributed by atoms with Crippen LogP contribution in [0.5, 0.6) is 11.8 Å². The van der Waals surface area contributed by atoms with E-state index in [-0.39, 0.29) is 15.5 Å². The van der Waals surface area contributed by atoms with Gasteiger partial charge in [0.1, 0.15) is 11.6 Å². The highest BCUT2D eigenvalue weighted by Gasteiger charge is 2.10. The Labute approximate surface area is 118 Å². The Morgan fingerprint density at radius 2 is 2.53 bits per heavy atom. The van der Waals surface area contributed by atoms with Gasteiger partial charge < -0.3 is 4.74 Å². The molecule has 0 amide bonds. The van der Waals surface area contributed by atoms with Crippen LogP contribution in [0.2, 0.25) is 5.02 Å². The van der Waals surface area contributed by atoms with E-state index in [4.69, 9.17) is 23.2 Å². The first-order valence-electron chi connectivity index (χ1n) is 6.78. The molecule has 0 bridgehead atoms. The third-order valence-electron chi connectivity index (χ3n) is 1.76. The molecule has 2 rings (SSSR count). The van der Waals surface area contributed by atoms with Crippen LogP contribution in [0.3, 0.4) is 0 Å². The summed E-state index contributed by atoms with van der Waals surface area (Å²) in [5.74, 6) is -0.608. The highest BCUT2D eigenvalue weighted by atomic mass is 79.9. The van der Waals surface area contributed by atoms with Gasteiger partial charge in [0.15, 0.2) is 0 Å². The van der Waals surface area contributed by atoms with Gasteiger partial charge in [-0.15, -0.1) is 5.10 Å². The number of halogens is 3. The van der Waals surface area contributed by atoms with Crippen LogP contribution in [-0.4, -0.2) is 14.8 Å². The molecule has 90 valence electrons. The number of ether oxygens (including phenoxy) is 1. The molecule has 2 aromatic rings. The zero-order chi connectivity index (χ0) is 16.7. The molecule has 1 aromatic heterocycles. The van der Waals surface area contributed by atoms with Crippen molar-refractivity contribution in [3.8, 4) is 11.8 Å². The SMILES string of the molecule is [2H]C([2H])([2H])C([2H])([2H])n1nc(Br)nc1Oc1ccc(F)c(Cl)c1. The molecule has 4 nitrogen and oxygen atoms in total. The quantitative estimate of drug-likeness (QED) is 0.865. The molecule has 0 saturated heterocycles. The molecule has 17 heavy (non-hydrogen) atoms. The first-order valence-corrected chi connectivity index (χ1v) is 5.45. The van der Waals surface area contributed by atoms with Crippen molar-refractivity contribution in [3.63, 3.8) is 0 Å². The Kier molecular flexibility index (Phi) is 2.16. The minimum Gasteiger partial charge on any atom is -0.424 e. The lowest BCUT2D eigenvalue weighted by Gasteiger charge is -2.05. The fourth-order valence-corrected chi connectivity index (χ4v) is 1.54. The number of hydrogen-bond donors (Lipinski definition) is 0. The van der Waals surface area contributed by atoms with Gasteiger partial charge in [0.2, 0.25) is 4.73 Å². The summed E-state index contributed by atoms with van der Waals surface area (Å²) in [6.07, 6.45) is 0. The lowest BCUT2D eigenvalue weighted by Crippen LogP contribution is -2.00. The highest BCUT2D eigenvalue weighted by molar-refractivity contribution is 9.10. The third-order valence-corrected chi connectivity index (χ3v) is 2.38. The summed E-state index contributed by atoms with van der Waals surface area (Å²) in [7, 11) is 0. The lowest BCUT2D eigenvalue weighted by molar-refractivity contribution is 0.401. The predicted molar refractivity (Wildman–Crippen MR) is 64.9 cm³/mol. The first kappa shape index (κ1) is 7.33. The van der Waals surface area contributed by atoms with Gasteiger partial charge in [-0.05, 0) is 34.9 Å². The van der Waals surface area contributed by atoms with Gasteiger partial charge in [-0.1, -0.05) is 11.6 Å². The molecule has 0 aliphatic carbocycles. The van der Waals surface area contributed by atoms with E-state index in [0.717, 1.165) is 12.1 Å². The van der Waals surface area contributed by atoms with E-state index in [1.165, 1.54) is 6.07 Å². The van der Waals surface area contributed by atoms with E-state index < -0.39 is 25.2 Å². The van der Waals surface area contributed by atoms with E-state index in [1.54, 1.807) is 0 Å². The second kappa shape index (κ2) is 5.01. The van der Waals surface area contributed by atoms with Gasteiger partial charge >= 0.3 is 6.01 Å². The van der Waals surface area contributed by atoms with Crippen molar-refractivity contribution in [1.29, 1.82) is 0 Å². The van der Waals surface area contributed by atoms with E-state index in [2.05, 4.69) is 26.0 Å². The van der Waals surface area contributed by atoms with Crippen LogP contribution in [0.15, 0.2) is 22.9 Å². The molecular formula is C10H8BrClFN3O. The molecule has 0 saturated carbocycles. The smallest absolute Gasteiger partial charge is 0.321 e. The number of rotatable bonds is 3. The summed E-state index contributed by atoms with van der Waals surface area (Å²) in [5, 5.41) is 3.43. The Morgan fingerprint density at radius 3 is 3.24 bits per heavy atom. The molecular weight excluding hydrogens is 312 g/mol. The van der Waals surface area contributed by atoms with Gasteiger partial charge in [-0.25, -0.2) is 9.07 Å². The van der Waals surface area contributed by atoms with E-state index in [0.29, 0.717) is 4.68 Å². The summed E-state index contributed by atoms with van der Waals surface area (Å²) in [6.45, 7) is -5.86. The van der Waals surface area contributed by atoms with Crippen LogP contribution >= 0.6 is 27.5 Å². The van der Waals surface area contributed by atoms with Gasteiger partial charge in [-0.3, -0.25) is 0 Å². The molecule has 0 fully saturated rings. The van der Waals surface area contributed by atoms with Crippen LogP contribution < -0.4 is 4.74 Å². The lowest BCUT2D eigenvalue weighted by atomic mass is 10.3.